The lowest BCUT2D eigenvalue weighted by atomic mass is 10.0. The summed E-state index contributed by atoms with van der Waals surface area (Å²) in [5.74, 6) is -0.635. The number of amides is 1. The lowest BCUT2D eigenvalue weighted by Crippen LogP contribution is -2.50. The van der Waals surface area contributed by atoms with Crippen LogP contribution in [0.5, 0.6) is 0 Å². The van der Waals surface area contributed by atoms with E-state index in [0.29, 0.717) is 39.1 Å². The minimum atomic E-state index is -3.32. The number of ether oxygens (including phenoxy) is 2. The van der Waals surface area contributed by atoms with Crippen LogP contribution < -0.4 is 0 Å². The van der Waals surface area contributed by atoms with Crippen LogP contribution in [0.2, 0.25) is 0 Å². The van der Waals surface area contributed by atoms with Crippen LogP contribution in [0.4, 0.5) is 0 Å². The van der Waals surface area contributed by atoms with Gasteiger partial charge in [-0.1, -0.05) is 0 Å². The van der Waals surface area contributed by atoms with E-state index in [2.05, 4.69) is 0 Å². The predicted octanol–water partition coefficient (Wildman–Crippen LogP) is -0.224. The Bertz CT molecular complexity index is 501. The molecular formula is C13H22N2O5S. The Balaban J connectivity index is 1.56. The smallest absolute Gasteiger partial charge is 0.237 e. The van der Waals surface area contributed by atoms with Crippen molar-refractivity contribution in [3.8, 4) is 0 Å². The molecule has 3 fully saturated rings. The van der Waals surface area contributed by atoms with Gasteiger partial charge in [0.05, 0.1) is 26.0 Å². The average Bonchev–Trinajstić information content (AvgIpc) is 3.17. The Kier molecular flexibility index (Phi) is 3.98. The first kappa shape index (κ1) is 15.2. The largest absolute Gasteiger partial charge is 0.347 e. The average molecular weight is 318 g/mol. The summed E-state index contributed by atoms with van der Waals surface area (Å²) in [6.07, 6.45) is 4.18. The number of sulfonamides is 1. The maximum absolute atomic E-state index is 12.3. The van der Waals surface area contributed by atoms with Gasteiger partial charge in [0.2, 0.25) is 15.9 Å². The Labute approximate surface area is 125 Å². The van der Waals surface area contributed by atoms with Crippen molar-refractivity contribution in [3.63, 3.8) is 0 Å². The summed E-state index contributed by atoms with van der Waals surface area (Å²) in [5.41, 5.74) is 0. The lowest BCUT2D eigenvalue weighted by molar-refractivity contribution is -0.187. The van der Waals surface area contributed by atoms with Gasteiger partial charge >= 0.3 is 0 Å². The van der Waals surface area contributed by atoms with E-state index in [4.69, 9.17) is 9.47 Å². The Hall–Kier alpha value is -0.700. The summed E-state index contributed by atoms with van der Waals surface area (Å²) in [7, 11) is -3.32. The van der Waals surface area contributed by atoms with Gasteiger partial charge in [-0.15, -0.1) is 0 Å². The first-order chi connectivity index (χ1) is 9.90. The molecule has 0 aromatic rings. The van der Waals surface area contributed by atoms with Gasteiger partial charge in [-0.2, -0.15) is 4.31 Å². The molecule has 2 heterocycles. The Morgan fingerprint density at radius 1 is 1.24 bits per heavy atom. The van der Waals surface area contributed by atoms with Gasteiger partial charge in [0.1, 0.15) is 0 Å². The van der Waals surface area contributed by atoms with E-state index in [1.165, 1.54) is 10.6 Å². The monoisotopic (exact) mass is 318 g/mol. The highest BCUT2D eigenvalue weighted by atomic mass is 32.2. The highest BCUT2D eigenvalue weighted by molar-refractivity contribution is 7.88. The molecule has 1 spiro atoms. The first-order valence-corrected chi connectivity index (χ1v) is 9.27. The molecule has 0 N–H and O–H groups in total. The second-order valence-corrected chi connectivity index (χ2v) is 7.96. The van der Waals surface area contributed by atoms with E-state index in [1.807, 2.05) is 0 Å². The normalized spacial score (nSPS) is 25.7. The van der Waals surface area contributed by atoms with E-state index < -0.39 is 15.8 Å². The number of carbonyl (C=O) groups is 1. The van der Waals surface area contributed by atoms with Crippen molar-refractivity contribution in [1.29, 1.82) is 0 Å². The van der Waals surface area contributed by atoms with Crippen LogP contribution in [0, 0.1) is 0 Å². The molecule has 120 valence electrons. The van der Waals surface area contributed by atoms with E-state index >= 15 is 0 Å². The van der Waals surface area contributed by atoms with Gasteiger partial charge in [-0.05, 0) is 12.8 Å². The molecule has 0 bridgehead atoms. The third kappa shape index (κ3) is 3.39. The minimum absolute atomic E-state index is 0.0154. The number of likely N-dealkylation sites (tertiary alicyclic amines) is 1. The number of piperidine rings is 1. The molecule has 1 amide bonds. The summed E-state index contributed by atoms with van der Waals surface area (Å²) in [4.78, 5) is 14.0. The number of rotatable bonds is 4. The molecule has 7 nitrogen and oxygen atoms in total. The van der Waals surface area contributed by atoms with Gasteiger partial charge in [0, 0.05) is 32.0 Å². The molecule has 8 heteroatoms. The van der Waals surface area contributed by atoms with Crippen LogP contribution in [0.25, 0.3) is 0 Å². The second-order valence-electron chi connectivity index (χ2n) is 6.03. The van der Waals surface area contributed by atoms with Gasteiger partial charge < -0.3 is 14.4 Å². The topological polar surface area (TPSA) is 76.2 Å². The summed E-state index contributed by atoms with van der Waals surface area (Å²) in [5, 5.41) is 0. The zero-order chi connectivity index (χ0) is 15.1. The molecule has 1 aliphatic carbocycles. The number of hydrogen-bond acceptors (Lipinski definition) is 5. The van der Waals surface area contributed by atoms with E-state index in [1.54, 1.807) is 4.90 Å². The molecule has 0 atom stereocenters. The van der Waals surface area contributed by atoms with Gasteiger partial charge in [0.25, 0.3) is 0 Å². The lowest BCUT2D eigenvalue weighted by Gasteiger charge is -2.38. The Morgan fingerprint density at radius 3 is 2.29 bits per heavy atom. The van der Waals surface area contributed by atoms with Crippen molar-refractivity contribution in [2.75, 3.05) is 39.1 Å². The van der Waals surface area contributed by atoms with E-state index in [0.717, 1.165) is 12.8 Å². The second kappa shape index (κ2) is 5.49. The maximum atomic E-state index is 12.3. The minimum Gasteiger partial charge on any atom is -0.347 e. The zero-order valence-corrected chi connectivity index (χ0v) is 13.1. The summed E-state index contributed by atoms with van der Waals surface area (Å²) >= 11 is 0. The van der Waals surface area contributed by atoms with Crippen LogP contribution in [-0.2, 0) is 24.3 Å². The van der Waals surface area contributed by atoms with Crippen LogP contribution in [-0.4, -0.2) is 74.5 Å². The number of nitrogens with zero attached hydrogens (tertiary/aromatic N) is 2. The van der Waals surface area contributed by atoms with Crippen LogP contribution in [0.1, 0.15) is 25.7 Å². The first-order valence-electron chi connectivity index (χ1n) is 7.42. The molecule has 2 saturated heterocycles. The molecule has 3 rings (SSSR count). The quantitative estimate of drug-likeness (QED) is 0.716. The van der Waals surface area contributed by atoms with Crippen molar-refractivity contribution in [3.05, 3.63) is 0 Å². The van der Waals surface area contributed by atoms with Gasteiger partial charge in [-0.25, -0.2) is 8.42 Å². The molecule has 21 heavy (non-hydrogen) atoms. The van der Waals surface area contributed by atoms with E-state index in [-0.39, 0.29) is 18.5 Å². The summed E-state index contributed by atoms with van der Waals surface area (Å²) in [6, 6.07) is 0.0154. The fraction of sp³-hybridized carbons (Fsp3) is 0.923. The Morgan fingerprint density at radius 2 is 1.81 bits per heavy atom. The molecule has 0 unspecified atom stereocenters. The number of carbonyl (C=O) groups excluding carboxylic acids is 1. The zero-order valence-electron chi connectivity index (χ0n) is 12.3. The van der Waals surface area contributed by atoms with Crippen molar-refractivity contribution in [1.82, 2.24) is 9.21 Å². The SMILES string of the molecule is CS(=O)(=O)N(CC(=O)N1CCC2(CC1)OCCO2)C1CC1. The van der Waals surface area contributed by atoms with Crippen LogP contribution in [0.3, 0.4) is 0 Å². The summed E-state index contributed by atoms with van der Waals surface area (Å²) < 4.78 is 36.1. The van der Waals surface area contributed by atoms with E-state index in [9.17, 15) is 13.2 Å². The fourth-order valence-electron chi connectivity index (χ4n) is 3.00. The molecular weight excluding hydrogens is 296 g/mol. The third-order valence-corrected chi connectivity index (χ3v) is 5.64. The predicted molar refractivity (Wildman–Crippen MR) is 75.0 cm³/mol. The van der Waals surface area contributed by atoms with Crippen LogP contribution >= 0.6 is 0 Å². The standard InChI is InChI=1S/C13H22N2O5S/c1-21(17,18)15(11-2-3-11)10-12(16)14-6-4-13(5-7-14)19-8-9-20-13/h11H,2-10H2,1H3. The molecule has 0 aromatic carbocycles. The van der Waals surface area contributed by atoms with Crippen molar-refractivity contribution in [2.45, 2.75) is 37.5 Å². The molecule has 0 radical (unpaired) electrons. The molecule has 3 aliphatic rings. The van der Waals surface area contributed by atoms with Gasteiger partial charge in [0.15, 0.2) is 5.79 Å². The van der Waals surface area contributed by atoms with Crippen molar-refractivity contribution in [2.24, 2.45) is 0 Å². The molecule has 2 aliphatic heterocycles. The molecule has 0 aromatic heterocycles. The highest BCUT2D eigenvalue weighted by Gasteiger charge is 2.42. The highest BCUT2D eigenvalue weighted by Crippen LogP contribution is 2.32. The van der Waals surface area contributed by atoms with Crippen molar-refractivity contribution >= 4 is 15.9 Å². The van der Waals surface area contributed by atoms with Crippen LogP contribution in [0.15, 0.2) is 0 Å². The summed E-state index contributed by atoms with van der Waals surface area (Å²) in [6.45, 7) is 2.29. The van der Waals surface area contributed by atoms with Crippen molar-refractivity contribution < 1.29 is 22.7 Å². The van der Waals surface area contributed by atoms with Gasteiger partial charge in [-0.3, -0.25) is 4.79 Å². The maximum Gasteiger partial charge on any atom is 0.237 e. The number of hydrogen-bond donors (Lipinski definition) is 0. The third-order valence-electron chi connectivity index (χ3n) is 4.36. The fourth-order valence-corrected chi connectivity index (χ4v) is 4.09. The molecule has 1 saturated carbocycles.